The quantitative estimate of drug-likeness (QED) is 0.816. The van der Waals surface area contributed by atoms with Gasteiger partial charge in [-0.15, -0.1) is 11.8 Å². The molecule has 5 heteroatoms. The van der Waals surface area contributed by atoms with Gasteiger partial charge < -0.3 is 10.6 Å². The number of benzene rings is 1. The maximum Gasteiger partial charge on any atom is 0.223 e. The minimum absolute atomic E-state index is 0.103. The van der Waals surface area contributed by atoms with Crippen LogP contribution in [0, 0.1) is 0 Å². The monoisotopic (exact) mass is 330 g/mol. The van der Waals surface area contributed by atoms with Gasteiger partial charge in [-0.3, -0.25) is 4.79 Å². The van der Waals surface area contributed by atoms with E-state index in [1.54, 1.807) is 16.7 Å². The second-order valence-corrected chi connectivity index (χ2v) is 6.11. The van der Waals surface area contributed by atoms with Crippen molar-refractivity contribution in [3.8, 4) is 0 Å². The smallest absolute Gasteiger partial charge is 0.223 e. The van der Waals surface area contributed by atoms with Gasteiger partial charge in [0.25, 0.3) is 0 Å². The number of hydrogen-bond donors (Lipinski definition) is 1. The Kier molecular flexibility index (Phi) is 6.75. The highest BCUT2D eigenvalue weighted by Crippen LogP contribution is 2.27. The second-order valence-electron chi connectivity index (χ2n) is 4.12. The van der Waals surface area contributed by atoms with Crippen molar-refractivity contribution in [2.45, 2.75) is 24.3 Å². The Morgan fingerprint density at radius 1 is 1.50 bits per heavy atom. The average Bonchev–Trinajstić information content (AvgIpc) is 2.39. The molecule has 2 N–H and O–H groups in total. The molecule has 1 aromatic rings. The van der Waals surface area contributed by atoms with Crippen molar-refractivity contribution in [1.82, 2.24) is 4.90 Å². The third-order valence-electron chi connectivity index (χ3n) is 2.81. The number of rotatable bonds is 6. The number of thioether (sulfide) groups is 1. The molecule has 1 unspecified atom stereocenters. The first-order chi connectivity index (χ1) is 8.56. The average molecular weight is 331 g/mol. The summed E-state index contributed by atoms with van der Waals surface area (Å²) in [5, 5.41) is 0. The van der Waals surface area contributed by atoms with Gasteiger partial charge >= 0.3 is 0 Å². The first kappa shape index (κ1) is 15.5. The minimum atomic E-state index is 0.103. The molecule has 0 aliphatic carbocycles. The Bertz CT molecular complexity index is 400. The fourth-order valence-corrected chi connectivity index (χ4v) is 2.90. The van der Waals surface area contributed by atoms with Crippen molar-refractivity contribution >= 4 is 33.6 Å². The summed E-state index contributed by atoms with van der Waals surface area (Å²) in [6.07, 6.45) is 0.535. The molecule has 0 fully saturated rings. The number of amides is 1. The lowest BCUT2D eigenvalue weighted by atomic mass is 10.3. The predicted molar refractivity (Wildman–Crippen MR) is 80.8 cm³/mol. The van der Waals surface area contributed by atoms with Crippen molar-refractivity contribution in [1.29, 1.82) is 0 Å². The fourth-order valence-electron chi connectivity index (χ4n) is 1.39. The molecular formula is C13H19BrN2OS. The Labute approximate surface area is 121 Å². The van der Waals surface area contributed by atoms with Gasteiger partial charge in [-0.1, -0.05) is 12.1 Å². The third kappa shape index (κ3) is 4.63. The lowest BCUT2D eigenvalue weighted by molar-refractivity contribution is -0.131. The molecule has 0 radical (unpaired) electrons. The van der Waals surface area contributed by atoms with Crippen LogP contribution in [0.4, 0.5) is 0 Å². The normalized spacial score (nSPS) is 12.2. The Morgan fingerprint density at radius 2 is 2.17 bits per heavy atom. The molecule has 1 rings (SSSR count). The van der Waals surface area contributed by atoms with Crippen LogP contribution in [0.2, 0.25) is 0 Å². The van der Waals surface area contributed by atoms with Crippen molar-refractivity contribution < 1.29 is 4.79 Å². The van der Waals surface area contributed by atoms with Crippen LogP contribution in [0.25, 0.3) is 0 Å². The van der Waals surface area contributed by atoms with E-state index in [4.69, 9.17) is 5.73 Å². The molecule has 0 saturated carbocycles. The molecule has 0 aliphatic heterocycles. The molecule has 3 nitrogen and oxygen atoms in total. The van der Waals surface area contributed by atoms with Crippen molar-refractivity contribution in [3.05, 3.63) is 28.7 Å². The summed E-state index contributed by atoms with van der Waals surface area (Å²) in [5.74, 6) is 0.927. The van der Waals surface area contributed by atoms with Crippen LogP contribution < -0.4 is 5.73 Å². The van der Waals surface area contributed by atoms with Gasteiger partial charge in [-0.2, -0.15) is 0 Å². The molecule has 0 aliphatic rings. The Morgan fingerprint density at radius 3 is 2.78 bits per heavy atom. The molecule has 1 amide bonds. The number of nitrogens with two attached hydrogens (primary N) is 1. The summed E-state index contributed by atoms with van der Waals surface area (Å²) in [6.45, 7) is 2.46. The molecule has 0 bridgehead atoms. The van der Waals surface area contributed by atoms with Gasteiger partial charge in [0.2, 0.25) is 5.91 Å². The van der Waals surface area contributed by atoms with Crippen LogP contribution >= 0.6 is 27.7 Å². The first-order valence-corrected chi connectivity index (χ1v) is 7.67. The number of hydrogen-bond acceptors (Lipinski definition) is 3. The highest BCUT2D eigenvalue weighted by molar-refractivity contribution is 9.10. The van der Waals surface area contributed by atoms with Gasteiger partial charge in [0.15, 0.2) is 0 Å². The number of halogens is 1. The van der Waals surface area contributed by atoms with Gasteiger partial charge in [0.05, 0.1) is 0 Å². The minimum Gasteiger partial charge on any atom is -0.342 e. The topological polar surface area (TPSA) is 46.3 Å². The zero-order chi connectivity index (χ0) is 13.5. The van der Waals surface area contributed by atoms with E-state index in [9.17, 15) is 4.79 Å². The van der Waals surface area contributed by atoms with Crippen LogP contribution in [-0.4, -0.2) is 36.2 Å². The molecule has 18 heavy (non-hydrogen) atoms. The van der Waals surface area contributed by atoms with Crippen molar-refractivity contribution in [2.24, 2.45) is 5.73 Å². The molecule has 0 aromatic heterocycles. The summed E-state index contributed by atoms with van der Waals surface area (Å²) in [6, 6.07) is 8.14. The summed E-state index contributed by atoms with van der Waals surface area (Å²) >= 11 is 5.18. The maximum atomic E-state index is 11.9. The number of carbonyl (C=O) groups excluding carboxylic acids is 1. The largest absolute Gasteiger partial charge is 0.342 e. The van der Waals surface area contributed by atoms with Gasteiger partial charge in [-0.25, -0.2) is 0 Å². The first-order valence-electron chi connectivity index (χ1n) is 5.89. The van der Waals surface area contributed by atoms with Crippen LogP contribution in [0.1, 0.15) is 13.3 Å². The third-order valence-corrected chi connectivity index (χ3v) is 4.84. The molecule has 100 valence electrons. The molecule has 0 heterocycles. The zero-order valence-electron chi connectivity index (χ0n) is 10.7. The lowest BCUT2D eigenvalue weighted by Crippen LogP contribution is -2.39. The van der Waals surface area contributed by atoms with E-state index in [1.165, 1.54) is 4.90 Å². The van der Waals surface area contributed by atoms with Gasteiger partial charge in [0.1, 0.15) is 0 Å². The van der Waals surface area contributed by atoms with Crippen LogP contribution in [0.5, 0.6) is 0 Å². The van der Waals surface area contributed by atoms with Crippen LogP contribution in [-0.2, 0) is 4.79 Å². The summed E-state index contributed by atoms with van der Waals surface area (Å²) < 4.78 is 1.08. The van der Waals surface area contributed by atoms with E-state index < -0.39 is 0 Å². The van der Waals surface area contributed by atoms with Crippen molar-refractivity contribution in [3.63, 3.8) is 0 Å². The summed E-state index contributed by atoms with van der Waals surface area (Å²) in [5.41, 5.74) is 5.55. The highest BCUT2D eigenvalue weighted by atomic mass is 79.9. The van der Waals surface area contributed by atoms with E-state index in [2.05, 4.69) is 15.9 Å². The van der Waals surface area contributed by atoms with E-state index in [-0.39, 0.29) is 11.9 Å². The summed E-state index contributed by atoms with van der Waals surface area (Å²) in [7, 11) is 1.81. The molecule has 0 spiro atoms. The van der Waals surface area contributed by atoms with Gasteiger partial charge in [-0.05, 0) is 35.0 Å². The second kappa shape index (κ2) is 7.81. The predicted octanol–water partition coefficient (Wildman–Crippen LogP) is 2.74. The van der Waals surface area contributed by atoms with Crippen LogP contribution in [0.3, 0.4) is 0 Å². The fraction of sp³-hybridized carbons (Fsp3) is 0.462. The maximum absolute atomic E-state index is 11.9. The SMILES string of the molecule is CC(CN)N(C)C(=O)CCSc1ccccc1Br. The van der Waals surface area contributed by atoms with E-state index in [0.717, 1.165) is 10.2 Å². The van der Waals surface area contributed by atoms with Crippen molar-refractivity contribution in [2.75, 3.05) is 19.3 Å². The number of carbonyl (C=O) groups is 1. The summed E-state index contributed by atoms with van der Waals surface area (Å²) in [4.78, 5) is 14.8. The number of likely N-dealkylation sites (N-methyl/N-ethyl adjacent to an activating group) is 1. The molecule has 0 saturated heterocycles. The lowest BCUT2D eigenvalue weighted by Gasteiger charge is -2.23. The standard InChI is InChI=1S/C13H19BrN2OS/c1-10(9-15)16(2)13(17)7-8-18-12-6-4-3-5-11(12)14/h3-6,10H,7-9,15H2,1-2H3. The number of nitrogens with zero attached hydrogens (tertiary/aromatic N) is 1. The zero-order valence-corrected chi connectivity index (χ0v) is 13.1. The Balaban J connectivity index is 2.38. The molecule has 1 atom stereocenters. The van der Waals surface area contributed by atoms with Gasteiger partial charge in [0, 0.05) is 41.2 Å². The van der Waals surface area contributed by atoms with E-state index >= 15 is 0 Å². The molecular weight excluding hydrogens is 312 g/mol. The Hall–Kier alpha value is -0.520. The molecule has 1 aromatic carbocycles. The van der Waals surface area contributed by atoms with E-state index in [0.29, 0.717) is 13.0 Å². The highest BCUT2D eigenvalue weighted by Gasteiger charge is 2.13. The van der Waals surface area contributed by atoms with Crippen LogP contribution in [0.15, 0.2) is 33.6 Å². The van der Waals surface area contributed by atoms with E-state index in [1.807, 2.05) is 38.2 Å².